The summed E-state index contributed by atoms with van der Waals surface area (Å²) in [6.45, 7) is 3.55. The van der Waals surface area contributed by atoms with Crippen LogP contribution in [0.15, 0.2) is 0 Å². The van der Waals surface area contributed by atoms with Gasteiger partial charge in [-0.05, 0) is 50.5 Å². The van der Waals surface area contributed by atoms with E-state index in [9.17, 15) is 0 Å². The molecular formula is C10H19N5S. The molecule has 0 amide bonds. The molecule has 2 heterocycles. The first kappa shape index (κ1) is 11.7. The Kier molecular flexibility index (Phi) is 4.06. The van der Waals surface area contributed by atoms with Crippen molar-refractivity contribution in [2.24, 2.45) is 5.92 Å². The summed E-state index contributed by atoms with van der Waals surface area (Å²) < 4.78 is 3.78. The van der Waals surface area contributed by atoms with Crippen LogP contribution in [0.3, 0.4) is 0 Å². The number of aromatic nitrogens is 3. The summed E-state index contributed by atoms with van der Waals surface area (Å²) in [7, 11) is 4.27. The molecule has 0 unspecified atom stereocenters. The molecule has 2 rings (SSSR count). The first-order valence-electron chi connectivity index (χ1n) is 5.80. The van der Waals surface area contributed by atoms with Crippen molar-refractivity contribution >= 4 is 16.7 Å². The zero-order chi connectivity index (χ0) is 11.4. The van der Waals surface area contributed by atoms with Gasteiger partial charge in [0, 0.05) is 25.1 Å². The van der Waals surface area contributed by atoms with E-state index in [0.717, 1.165) is 17.6 Å². The highest BCUT2D eigenvalue weighted by Gasteiger charge is 2.17. The normalized spacial score (nSPS) is 18.9. The summed E-state index contributed by atoms with van der Waals surface area (Å²) in [6.07, 6.45) is 3.92. The van der Waals surface area contributed by atoms with Crippen molar-refractivity contribution < 1.29 is 0 Å². The number of nitrogens with zero attached hydrogens (tertiary/aromatic N) is 5. The molecule has 5 nitrogen and oxygen atoms in total. The van der Waals surface area contributed by atoms with Gasteiger partial charge < -0.3 is 9.80 Å². The van der Waals surface area contributed by atoms with Gasteiger partial charge in [-0.3, -0.25) is 0 Å². The highest BCUT2D eigenvalue weighted by atomic mass is 32.1. The lowest BCUT2D eigenvalue weighted by molar-refractivity contribution is 0.213. The van der Waals surface area contributed by atoms with Crippen LogP contribution in [-0.4, -0.2) is 53.4 Å². The zero-order valence-electron chi connectivity index (χ0n) is 9.96. The van der Waals surface area contributed by atoms with E-state index >= 15 is 0 Å². The van der Waals surface area contributed by atoms with E-state index in [0.29, 0.717) is 0 Å². The SMILES string of the molecule is CN1CCC(CCN(C)c2nnns2)CC1. The van der Waals surface area contributed by atoms with Crippen LogP contribution in [0.1, 0.15) is 19.3 Å². The molecule has 0 saturated carbocycles. The summed E-state index contributed by atoms with van der Waals surface area (Å²) in [5.41, 5.74) is 0. The van der Waals surface area contributed by atoms with E-state index in [1.165, 1.54) is 43.9 Å². The number of piperidine rings is 1. The van der Waals surface area contributed by atoms with E-state index in [4.69, 9.17) is 0 Å². The van der Waals surface area contributed by atoms with Gasteiger partial charge in [0.25, 0.3) is 0 Å². The first-order chi connectivity index (χ1) is 7.75. The van der Waals surface area contributed by atoms with Gasteiger partial charge in [-0.1, -0.05) is 9.59 Å². The molecular weight excluding hydrogens is 222 g/mol. The van der Waals surface area contributed by atoms with E-state index in [2.05, 4.69) is 38.7 Å². The minimum atomic E-state index is 0.875. The third kappa shape index (κ3) is 3.12. The zero-order valence-corrected chi connectivity index (χ0v) is 10.8. The number of anilines is 1. The lowest BCUT2D eigenvalue weighted by atomic mass is 9.94. The Morgan fingerprint density at radius 3 is 2.81 bits per heavy atom. The molecule has 0 radical (unpaired) electrons. The number of likely N-dealkylation sites (tertiary alicyclic amines) is 1. The third-order valence-electron chi connectivity index (χ3n) is 3.33. The monoisotopic (exact) mass is 241 g/mol. The van der Waals surface area contributed by atoms with Crippen LogP contribution < -0.4 is 4.90 Å². The molecule has 1 aromatic heterocycles. The van der Waals surface area contributed by atoms with Crippen molar-refractivity contribution in [2.75, 3.05) is 38.6 Å². The predicted molar refractivity (Wildman–Crippen MR) is 65.8 cm³/mol. The van der Waals surface area contributed by atoms with Crippen molar-refractivity contribution in [3.8, 4) is 0 Å². The molecule has 1 saturated heterocycles. The molecule has 16 heavy (non-hydrogen) atoms. The lowest BCUT2D eigenvalue weighted by Gasteiger charge is -2.29. The van der Waals surface area contributed by atoms with Gasteiger partial charge in [-0.25, -0.2) is 0 Å². The maximum absolute atomic E-state index is 3.97. The minimum Gasteiger partial charge on any atom is -0.348 e. The van der Waals surface area contributed by atoms with Crippen molar-refractivity contribution in [2.45, 2.75) is 19.3 Å². The van der Waals surface area contributed by atoms with Crippen molar-refractivity contribution in [3.63, 3.8) is 0 Å². The lowest BCUT2D eigenvalue weighted by Crippen LogP contribution is -2.32. The highest BCUT2D eigenvalue weighted by Crippen LogP contribution is 2.21. The van der Waals surface area contributed by atoms with E-state index in [-0.39, 0.29) is 0 Å². The first-order valence-corrected chi connectivity index (χ1v) is 6.58. The summed E-state index contributed by atoms with van der Waals surface area (Å²) in [6, 6.07) is 0. The largest absolute Gasteiger partial charge is 0.348 e. The number of hydrogen-bond donors (Lipinski definition) is 0. The van der Waals surface area contributed by atoms with Gasteiger partial charge in [-0.2, -0.15) is 0 Å². The molecule has 0 spiro atoms. The van der Waals surface area contributed by atoms with Crippen molar-refractivity contribution in [3.05, 3.63) is 0 Å². The summed E-state index contributed by atoms with van der Waals surface area (Å²) in [5.74, 6) is 0.875. The van der Waals surface area contributed by atoms with Crippen LogP contribution in [-0.2, 0) is 0 Å². The summed E-state index contributed by atoms with van der Waals surface area (Å²) in [4.78, 5) is 4.57. The van der Waals surface area contributed by atoms with Crippen LogP contribution in [0.2, 0.25) is 0 Å². The Morgan fingerprint density at radius 1 is 1.44 bits per heavy atom. The maximum atomic E-state index is 3.97. The Balaban J connectivity index is 1.71. The topological polar surface area (TPSA) is 45.2 Å². The van der Waals surface area contributed by atoms with Gasteiger partial charge in [0.2, 0.25) is 5.13 Å². The van der Waals surface area contributed by atoms with Crippen LogP contribution in [0.5, 0.6) is 0 Å². The fraction of sp³-hybridized carbons (Fsp3) is 0.900. The molecule has 0 atom stereocenters. The van der Waals surface area contributed by atoms with Gasteiger partial charge >= 0.3 is 0 Å². The minimum absolute atomic E-state index is 0.875. The average molecular weight is 241 g/mol. The second-order valence-electron chi connectivity index (χ2n) is 4.60. The Morgan fingerprint density at radius 2 is 2.19 bits per heavy atom. The number of hydrogen-bond acceptors (Lipinski definition) is 6. The molecule has 0 aliphatic carbocycles. The van der Waals surface area contributed by atoms with Crippen LogP contribution >= 0.6 is 11.5 Å². The molecule has 1 aliphatic rings. The molecule has 0 N–H and O–H groups in total. The smallest absolute Gasteiger partial charge is 0.227 e. The highest BCUT2D eigenvalue weighted by molar-refractivity contribution is 7.09. The number of rotatable bonds is 4. The van der Waals surface area contributed by atoms with E-state index < -0.39 is 0 Å². The summed E-state index contributed by atoms with van der Waals surface area (Å²) in [5, 5.41) is 8.51. The Hall–Kier alpha value is -0.750. The second-order valence-corrected chi connectivity index (χ2v) is 5.31. The average Bonchev–Trinajstić information content (AvgIpc) is 2.81. The quantitative estimate of drug-likeness (QED) is 0.790. The van der Waals surface area contributed by atoms with Gasteiger partial charge in [-0.15, -0.1) is 0 Å². The van der Waals surface area contributed by atoms with Crippen molar-refractivity contribution in [1.29, 1.82) is 0 Å². The molecule has 90 valence electrons. The molecule has 1 aliphatic heterocycles. The Labute approximate surface area is 101 Å². The van der Waals surface area contributed by atoms with E-state index in [1.807, 2.05) is 0 Å². The third-order valence-corrected chi connectivity index (χ3v) is 4.04. The van der Waals surface area contributed by atoms with E-state index in [1.54, 1.807) is 0 Å². The molecule has 6 heteroatoms. The maximum Gasteiger partial charge on any atom is 0.227 e. The van der Waals surface area contributed by atoms with Crippen LogP contribution in [0.25, 0.3) is 0 Å². The fourth-order valence-electron chi connectivity index (χ4n) is 2.10. The summed E-state index contributed by atoms with van der Waals surface area (Å²) >= 11 is 1.36. The molecule has 0 bridgehead atoms. The van der Waals surface area contributed by atoms with Crippen molar-refractivity contribution in [1.82, 2.24) is 19.7 Å². The standard InChI is InChI=1S/C10H19N5S/c1-14-6-3-9(4-7-14)5-8-15(2)10-11-12-13-16-10/h9H,3-8H2,1-2H3. The second kappa shape index (κ2) is 5.54. The fourth-order valence-corrected chi connectivity index (χ4v) is 2.55. The van der Waals surface area contributed by atoms with Crippen LogP contribution in [0, 0.1) is 5.92 Å². The molecule has 1 aromatic rings. The predicted octanol–water partition coefficient (Wildman–Crippen LogP) is 1.10. The molecule has 0 aromatic carbocycles. The Bertz CT molecular complexity index is 294. The molecule has 1 fully saturated rings. The van der Waals surface area contributed by atoms with Gasteiger partial charge in [0.05, 0.1) is 0 Å². The van der Waals surface area contributed by atoms with Gasteiger partial charge in [0.1, 0.15) is 0 Å². The van der Waals surface area contributed by atoms with Crippen LogP contribution in [0.4, 0.5) is 5.13 Å². The van der Waals surface area contributed by atoms with Gasteiger partial charge in [0.15, 0.2) is 0 Å².